The average molecular weight is 346 g/mol. The van der Waals surface area contributed by atoms with Gasteiger partial charge in [-0.25, -0.2) is 0 Å². The number of aliphatic hydroxyl groups is 1. The Morgan fingerprint density at radius 2 is 1.60 bits per heavy atom. The molecule has 0 spiro atoms. The van der Waals surface area contributed by atoms with Crippen molar-refractivity contribution in [2.75, 3.05) is 0 Å². The van der Waals surface area contributed by atoms with Crippen LogP contribution in [0.15, 0.2) is 33.5 Å². The van der Waals surface area contributed by atoms with Crippen molar-refractivity contribution in [1.29, 1.82) is 0 Å². The van der Waals surface area contributed by atoms with Crippen molar-refractivity contribution in [2.45, 2.75) is 13.0 Å². The van der Waals surface area contributed by atoms with E-state index in [1.807, 2.05) is 0 Å². The second-order valence-corrected chi connectivity index (χ2v) is 5.52. The van der Waals surface area contributed by atoms with Gasteiger partial charge in [-0.1, -0.05) is 0 Å². The Morgan fingerprint density at radius 3 is 2.20 bits per heavy atom. The number of rotatable bonds is 2. The largest absolute Gasteiger partial charge is 0.507 e. The maximum Gasteiger partial charge on any atom is 0.238 e. The number of aromatic hydroxyl groups is 5. The van der Waals surface area contributed by atoms with Gasteiger partial charge in [0.05, 0.1) is 11.7 Å². The van der Waals surface area contributed by atoms with Gasteiger partial charge in [0.2, 0.25) is 11.2 Å². The molecule has 2 aromatic carbocycles. The molecule has 0 bridgehead atoms. The van der Waals surface area contributed by atoms with E-state index in [-0.39, 0.29) is 22.5 Å². The molecule has 0 fully saturated rings. The number of hydrogen-bond donors (Lipinski definition) is 6. The fourth-order valence-corrected chi connectivity index (χ4v) is 2.61. The van der Waals surface area contributed by atoms with Crippen molar-refractivity contribution < 1.29 is 35.1 Å². The van der Waals surface area contributed by atoms with E-state index in [0.717, 1.165) is 18.2 Å². The molecule has 0 aliphatic carbocycles. The molecule has 3 aromatic rings. The zero-order valence-corrected chi connectivity index (χ0v) is 12.9. The summed E-state index contributed by atoms with van der Waals surface area (Å²) >= 11 is 0. The third-order valence-corrected chi connectivity index (χ3v) is 3.79. The summed E-state index contributed by atoms with van der Waals surface area (Å²) in [5, 5.41) is 58.4. The van der Waals surface area contributed by atoms with Gasteiger partial charge in [0, 0.05) is 11.6 Å². The molecule has 130 valence electrons. The van der Waals surface area contributed by atoms with E-state index in [2.05, 4.69) is 0 Å². The first-order valence-electron chi connectivity index (χ1n) is 7.17. The van der Waals surface area contributed by atoms with Gasteiger partial charge in [-0.05, 0) is 25.1 Å². The molecule has 1 aromatic heterocycles. The van der Waals surface area contributed by atoms with Crippen LogP contribution >= 0.6 is 0 Å². The average Bonchev–Trinajstić information content (AvgIpc) is 2.52. The molecule has 8 heteroatoms. The van der Waals surface area contributed by atoms with Crippen LogP contribution in [0.1, 0.15) is 18.6 Å². The Bertz CT molecular complexity index is 1050. The molecule has 0 radical (unpaired) electrons. The molecule has 8 nitrogen and oxygen atoms in total. The fourth-order valence-electron chi connectivity index (χ4n) is 2.61. The van der Waals surface area contributed by atoms with Crippen LogP contribution in [0.25, 0.3) is 22.3 Å². The standard InChI is InChI=1S/C17H14O8/c1-6(18)12-10(21)5-11(22)13-14(23)15(24)16(25-17(12)13)7-2-3-8(19)9(20)4-7/h2-6,18-22,24H,1H3. The van der Waals surface area contributed by atoms with E-state index >= 15 is 0 Å². The minimum Gasteiger partial charge on any atom is -0.507 e. The van der Waals surface area contributed by atoms with Gasteiger partial charge in [-0.15, -0.1) is 0 Å². The van der Waals surface area contributed by atoms with Gasteiger partial charge < -0.3 is 35.1 Å². The minimum atomic E-state index is -1.24. The van der Waals surface area contributed by atoms with E-state index in [0.29, 0.717) is 0 Å². The quantitative estimate of drug-likeness (QED) is 0.386. The molecule has 1 heterocycles. The highest BCUT2D eigenvalue weighted by Gasteiger charge is 2.24. The first kappa shape index (κ1) is 16.5. The van der Waals surface area contributed by atoms with Crippen LogP contribution in [-0.4, -0.2) is 30.6 Å². The lowest BCUT2D eigenvalue weighted by Crippen LogP contribution is -2.06. The number of hydrogen-bond acceptors (Lipinski definition) is 8. The summed E-state index contributed by atoms with van der Waals surface area (Å²) in [6.45, 7) is 1.32. The van der Waals surface area contributed by atoms with E-state index < -0.39 is 45.7 Å². The number of fused-ring (bicyclic) bond motifs is 1. The normalized spacial score (nSPS) is 12.4. The highest BCUT2D eigenvalue weighted by molar-refractivity contribution is 5.91. The minimum absolute atomic E-state index is 0.0613. The SMILES string of the molecule is CC(O)c1c(O)cc(O)c2c(=O)c(O)c(-c3ccc(O)c(O)c3)oc12. The van der Waals surface area contributed by atoms with Crippen molar-refractivity contribution in [1.82, 2.24) is 0 Å². The lowest BCUT2D eigenvalue weighted by atomic mass is 10.0. The molecule has 0 aliphatic heterocycles. The topological polar surface area (TPSA) is 152 Å². The van der Waals surface area contributed by atoms with Crippen LogP contribution in [0.5, 0.6) is 28.7 Å². The Kier molecular flexibility index (Phi) is 3.69. The highest BCUT2D eigenvalue weighted by atomic mass is 16.4. The predicted molar refractivity (Wildman–Crippen MR) is 86.9 cm³/mol. The first-order valence-corrected chi connectivity index (χ1v) is 7.17. The second-order valence-electron chi connectivity index (χ2n) is 5.52. The van der Waals surface area contributed by atoms with Gasteiger partial charge in [-0.3, -0.25) is 4.79 Å². The Labute approximate surface area is 140 Å². The number of benzene rings is 2. The van der Waals surface area contributed by atoms with Crippen LogP contribution in [0.4, 0.5) is 0 Å². The molecule has 1 atom stereocenters. The van der Waals surface area contributed by atoms with Gasteiger partial charge in [-0.2, -0.15) is 0 Å². The molecule has 0 saturated carbocycles. The van der Waals surface area contributed by atoms with Crippen LogP contribution in [-0.2, 0) is 0 Å². The molecule has 0 amide bonds. The Balaban J connectivity index is 2.46. The zero-order chi connectivity index (χ0) is 18.5. The first-order chi connectivity index (χ1) is 11.7. The van der Waals surface area contributed by atoms with Crippen LogP contribution in [0.3, 0.4) is 0 Å². The van der Waals surface area contributed by atoms with E-state index in [9.17, 15) is 35.4 Å². The van der Waals surface area contributed by atoms with Gasteiger partial charge in [0.15, 0.2) is 22.8 Å². The third-order valence-electron chi connectivity index (χ3n) is 3.79. The van der Waals surface area contributed by atoms with Crippen LogP contribution in [0.2, 0.25) is 0 Å². The van der Waals surface area contributed by atoms with E-state index in [1.54, 1.807) is 0 Å². The smallest absolute Gasteiger partial charge is 0.238 e. The molecule has 1 unspecified atom stereocenters. The molecular weight excluding hydrogens is 332 g/mol. The Hall–Kier alpha value is -3.39. The number of aliphatic hydroxyl groups excluding tert-OH is 1. The van der Waals surface area contributed by atoms with Gasteiger partial charge >= 0.3 is 0 Å². The van der Waals surface area contributed by atoms with Crippen LogP contribution < -0.4 is 5.43 Å². The van der Waals surface area contributed by atoms with E-state index in [1.165, 1.54) is 13.0 Å². The molecule has 0 saturated heterocycles. The molecule has 3 rings (SSSR count). The summed E-state index contributed by atoms with van der Waals surface area (Å²) < 4.78 is 5.49. The summed E-state index contributed by atoms with van der Waals surface area (Å²) in [5.74, 6) is -3.23. The van der Waals surface area contributed by atoms with Crippen molar-refractivity contribution in [3.63, 3.8) is 0 Å². The fraction of sp³-hybridized carbons (Fsp3) is 0.118. The van der Waals surface area contributed by atoms with Gasteiger partial charge in [0.1, 0.15) is 16.9 Å². The monoisotopic (exact) mass is 346 g/mol. The summed E-state index contributed by atoms with van der Waals surface area (Å²) in [6, 6.07) is 4.34. The summed E-state index contributed by atoms with van der Waals surface area (Å²) in [7, 11) is 0. The highest BCUT2D eigenvalue weighted by Crippen LogP contribution is 2.41. The lowest BCUT2D eigenvalue weighted by Gasteiger charge is -2.14. The zero-order valence-electron chi connectivity index (χ0n) is 12.9. The Morgan fingerprint density at radius 1 is 0.920 bits per heavy atom. The van der Waals surface area contributed by atoms with Crippen molar-refractivity contribution in [2.24, 2.45) is 0 Å². The van der Waals surface area contributed by atoms with Crippen LogP contribution in [0, 0.1) is 0 Å². The summed E-state index contributed by atoms with van der Waals surface area (Å²) in [6.07, 6.45) is -1.24. The maximum absolute atomic E-state index is 12.4. The number of phenolic OH excluding ortho intramolecular Hbond substituents is 4. The molecular formula is C17H14O8. The van der Waals surface area contributed by atoms with Gasteiger partial charge in [0.25, 0.3) is 0 Å². The lowest BCUT2D eigenvalue weighted by molar-refractivity contribution is 0.195. The summed E-state index contributed by atoms with van der Waals surface area (Å²) in [5.41, 5.74) is -1.37. The molecule has 6 N–H and O–H groups in total. The predicted octanol–water partition coefficient (Wildman–Crippen LogP) is 2.04. The molecule has 25 heavy (non-hydrogen) atoms. The number of phenols is 4. The maximum atomic E-state index is 12.4. The van der Waals surface area contributed by atoms with Crippen molar-refractivity contribution >= 4 is 11.0 Å². The third kappa shape index (κ3) is 2.48. The van der Waals surface area contributed by atoms with E-state index in [4.69, 9.17) is 4.42 Å². The van der Waals surface area contributed by atoms with Crippen molar-refractivity contribution in [3.8, 4) is 40.1 Å². The second kappa shape index (κ2) is 5.60. The summed E-state index contributed by atoms with van der Waals surface area (Å²) in [4.78, 5) is 12.4. The van der Waals surface area contributed by atoms with Crippen molar-refractivity contribution in [3.05, 3.63) is 40.1 Å². The molecule has 0 aliphatic rings.